The van der Waals surface area contributed by atoms with Crippen molar-refractivity contribution in [3.63, 3.8) is 0 Å². The molecule has 1 fully saturated rings. The van der Waals surface area contributed by atoms with Gasteiger partial charge in [-0.2, -0.15) is 0 Å². The quantitative estimate of drug-likeness (QED) is 0.323. The molecule has 0 radical (unpaired) electrons. The molecular formula is C22H23NO6. The second-order valence-electron chi connectivity index (χ2n) is 6.66. The third kappa shape index (κ3) is 4.09. The zero-order valence-electron chi connectivity index (χ0n) is 16.3. The molecule has 1 atom stereocenters. The van der Waals surface area contributed by atoms with E-state index in [0.29, 0.717) is 36.4 Å². The molecule has 3 rings (SSSR count). The van der Waals surface area contributed by atoms with Gasteiger partial charge < -0.3 is 24.6 Å². The van der Waals surface area contributed by atoms with Crippen LogP contribution in [0.2, 0.25) is 0 Å². The van der Waals surface area contributed by atoms with Gasteiger partial charge in [0.25, 0.3) is 11.7 Å². The summed E-state index contributed by atoms with van der Waals surface area (Å²) in [5.41, 5.74) is 0.998. The third-order valence-corrected chi connectivity index (χ3v) is 4.84. The molecule has 2 aromatic rings. The molecule has 7 heteroatoms. The van der Waals surface area contributed by atoms with Gasteiger partial charge >= 0.3 is 0 Å². The van der Waals surface area contributed by atoms with Crippen molar-refractivity contribution in [2.24, 2.45) is 0 Å². The Hall–Kier alpha value is -3.32. The Morgan fingerprint density at radius 1 is 1.10 bits per heavy atom. The summed E-state index contributed by atoms with van der Waals surface area (Å²) < 4.78 is 10.2. The lowest BCUT2D eigenvalue weighted by atomic mass is 9.95. The summed E-state index contributed by atoms with van der Waals surface area (Å²) in [4.78, 5) is 27.0. The molecule has 1 aliphatic rings. The zero-order valence-corrected chi connectivity index (χ0v) is 16.3. The van der Waals surface area contributed by atoms with Crippen LogP contribution in [0.1, 0.15) is 23.6 Å². The van der Waals surface area contributed by atoms with E-state index in [2.05, 4.69) is 0 Å². The second-order valence-corrected chi connectivity index (χ2v) is 6.66. The van der Waals surface area contributed by atoms with Crippen molar-refractivity contribution in [1.29, 1.82) is 0 Å². The molecule has 0 spiro atoms. The number of ether oxygens (including phenoxy) is 2. The number of rotatable bonds is 7. The molecule has 29 heavy (non-hydrogen) atoms. The molecule has 0 saturated carbocycles. The number of hydrogen-bond donors (Lipinski definition) is 2. The van der Waals surface area contributed by atoms with Gasteiger partial charge in [-0.05, 0) is 36.2 Å². The van der Waals surface area contributed by atoms with Gasteiger partial charge in [-0.3, -0.25) is 9.59 Å². The highest BCUT2D eigenvalue weighted by molar-refractivity contribution is 6.46. The summed E-state index contributed by atoms with van der Waals surface area (Å²) in [7, 11) is 3.07. The Balaban J connectivity index is 2.12. The van der Waals surface area contributed by atoms with E-state index in [0.717, 1.165) is 0 Å². The minimum atomic E-state index is -0.765. The summed E-state index contributed by atoms with van der Waals surface area (Å²) in [6, 6.07) is 12.1. The Bertz CT molecular complexity index is 935. The van der Waals surface area contributed by atoms with Gasteiger partial charge in [0, 0.05) is 25.8 Å². The number of carbonyl (C=O) groups excluding carboxylic acids is 2. The van der Waals surface area contributed by atoms with Crippen LogP contribution in [0.5, 0.6) is 11.5 Å². The van der Waals surface area contributed by atoms with Crippen LogP contribution in [0, 0.1) is 0 Å². The monoisotopic (exact) mass is 397 g/mol. The molecule has 1 heterocycles. The molecule has 7 nitrogen and oxygen atoms in total. The summed E-state index contributed by atoms with van der Waals surface area (Å²) in [6.07, 6.45) is 0.539. The predicted molar refractivity (Wildman–Crippen MR) is 107 cm³/mol. The van der Waals surface area contributed by atoms with Crippen LogP contribution in [-0.2, 0) is 14.3 Å². The van der Waals surface area contributed by atoms with Crippen LogP contribution in [0.3, 0.4) is 0 Å². The van der Waals surface area contributed by atoms with Gasteiger partial charge in [-0.15, -0.1) is 0 Å². The largest absolute Gasteiger partial charge is 0.508 e. The van der Waals surface area contributed by atoms with Gasteiger partial charge in [0.15, 0.2) is 0 Å². The molecule has 2 aromatic carbocycles. The fourth-order valence-corrected chi connectivity index (χ4v) is 3.42. The average molecular weight is 397 g/mol. The van der Waals surface area contributed by atoms with Crippen LogP contribution in [-0.4, -0.2) is 54.2 Å². The van der Waals surface area contributed by atoms with E-state index >= 15 is 0 Å². The van der Waals surface area contributed by atoms with Gasteiger partial charge in [0.1, 0.15) is 17.3 Å². The first-order valence-electron chi connectivity index (χ1n) is 9.18. The number of aliphatic hydroxyl groups is 1. The number of aliphatic hydroxyl groups excluding tert-OH is 1. The Morgan fingerprint density at radius 2 is 1.83 bits per heavy atom. The number of amides is 1. The van der Waals surface area contributed by atoms with E-state index in [1.807, 2.05) is 0 Å². The number of nitrogens with zero attached hydrogens (tertiary/aromatic N) is 1. The number of benzene rings is 2. The standard InChI is InChI=1S/C22H23NO6/c1-28-12-4-11-23-19(14-7-9-16(24)10-8-14)18(21(26)22(23)27)20(25)15-5-3-6-17(13-15)29-2/h3,5-10,13,19,24-25H,4,11-12H2,1-2H3/t19-/m1/s1. The first-order chi connectivity index (χ1) is 14.0. The van der Waals surface area contributed by atoms with Crippen molar-refractivity contribution >= 4 is 17.4 Å². The van der Waals surface area contributed by atoms with Crippen molar-refractivity contribution < 1.29 is 29.3 Å². The lowest BCUT2D eigenvalue weighted by Crippen LogP contribution is -2.31. The Labute approximate surface area is 168 Å². The van der Waals surface area contributed by atoms with Crippen molar-refractivity contribution in [3.8, 4) is 11.5 Å². The van der Waals surface area contributed by atoms with E-state index in [4.69, 9.17) is 9.47 Å². The predicted octanol–water partition coefficient (Wildman–Crippen LogP) is 2.86. The fraction of sp³-hybridized carbons (Fsp3) is 0.273. The summed E-state index contributed by atoms with van der Waals surface area (Å²) in [5.74, 6) is -1.11. The number of aromatic hydroxyl groups is 1. The van der Waals surface area contributed by atoms with Gasteiger partial charge in [-0.1, -0.05) is 24.3 Å². The number of phenols is 1. The maximum atomic E-state index is 12.8. The minimum Gasteiger partial charge on any atom is -0.508 e. The second kappa shape index (κ2) is 8.79. The number of ketones is 1. The lowest BCUT2D eigenvalue weighted by molar-refractivity contribution is -0.140. The van der Waals surface area contributed by atoms with Gasteiger partial charge in [0.05, 0.1) is 18.7 Å². The van der Waals surface area contributed by atoms with Crippen LogP contribution in [0.25, 0.3) is 5.76 Å². The maximum absolute atomic E-state index is 12.8. The molecular weight excluding hydrogens is 374 g/mol. The van der Waals surface area contributed by atoms with Crippen molar-refractivity contribution in [2.75, 3.05) is 27.4 Å². The molecule has 1 amide bonds. The number of carbonyl (C=O) groups is 2. The zero-order chi connectivity index (χ0) is 21.0. The lowest BCUT2D eigenvalue weighted by Gasteiger charge is -2.25. The first-order valence-corrected chi connectivity index (χ1v) is 9.18. The van der Waals surface area contributed by atoms with Crippen molar-refractivity contribution in [3.05, 3.63) is 65.2 Å². The topological polar surface area (TPSA) is 96.3 Å². The number of hydrogen-bond acceptors (Lipinski definition) is 6. The molecule has 0 aliphatic carbocycles. The summed E-state index contributed by atoms with van der Waals surface area (Å²) >= 11 is 0. The fourth-order valence-electron chi connectivity index (χ4n) is 3.42. The van der Waals surface area contributed by atoms with E-state index < -0.39 is 17.7 Å². The molecule has 0 unspecified atom stereocenters. The molecule has 1 saturated heterocycles. The van der Waals surface area contributed by atoms with Crippen LogP contribution < -0.4 is 4.74 Å². The summed E-state index contributed by atoms with van der Waals surface area (Å²) in [6.45, 7) is 0.722. The van der Waals surface area contributed by atoms with E-state index in [-0.39, 0.29) is 17.1 Å². The molecule has 2 N–H and O–H groups in total. The Kier molecular flexibility index (Phi) is 6.19. The van der Waals surface area contributed by atoms with Crippen molar-refractivity contribution in [2.45, 2.75) is 12.5 Å². The molecule has 1 aliphatic heterocycles. The Morgan fingerprint density at radius 3 is 2.48 bits per heavy atom. The highest BCUT2D eigenvalue weighted by Crippen LogP contribution is 2.40. The number of Topliss-reactive ketones (excluding diaryl/α,β-unsaturated/α-hetero) is 1. The van der Waals surface area contributed by atoms with E-state index in [1.54, 1.807) is 43.5 Å². The third-order valence-electron chi connectivity index (χ3n) is 4.84. The highest BCUT2D eigenvalue weighted by atomic mass is 16.5. The molecule has 0 bridgehead atoms. The van der Waals surface area contributed by atoms with Crippen LogP contribution >= 0.6 is 0 Å². The van der Waals surface area contributed by atoms with E-state index in [9.17, 15) is 19.8 Å². The smallest absolute Gasteiger partial charge is 0.295 e. The van der Waals surface area contributed by atoms with Crippen LogP contribution in [0.15, 0.2) is 54.1 Å². The van der Waals surface area contributed by atoms with E-state index in [1.165, 1.54) is 24.1 Å². The van der Waals surface area contributed by atoms with Gasteiger partial charge in [-0.25, -0.2) is 0 Å². The SMILES string of the molecule is COCCCN1C(=O)C(=O)C(=C(O)c2cccc(OC)c2)[C@H]1c1ccc(O)cc1. The minimum absolute atomic E-state index is 0.00589. The first kappa shape index (κ1) is 20.4. The number of methoxy groups -OCH3 is 2. The summed E-state index contributed by atoms with van der Waals surface area (Å²) in [5, 5.41) is 20.6. The van der Waals surface area contributed by atoms with Crippen LogP contribution in [0.4, 0.5) is 0 Å². The molecule has 0 aromatic heterocycles. The molecule has 152 valence electrons. The number of phenolic OH excluding ortho intramolecular Hbond substituents is 1. The average Bonchev–Trinajstić information content (AvgIpc) is 2.99. The highest BCUT2D eigenvalue weighted by Gasteiger charge is 2.45. The van der Waals surface area contributed by atoms with Gasteiger partial charge in [0.2, 0.25) is 0 Å². The normalized spacial score (nSPS) is 18.3. The number of likely N-dealkylation sites (tertiary alicyclic amines) is 1. The van der Waals surface area contributed by atoms with Crippen molar-refractivity contribution in [1.82, 2.24) is 4.90 Å². The maximum Gasteiger partial charge on any atom is 0.295 e.